The molecule has 1 aliphatic carbocycles. The van der Waals surface area contributed by atoms with E-state index in [1.165, 1.54) is 12.8 Å². The Labute approximate surface area is 109 Å². The van der Waals surface area contributed by atoms with Crippen LogP contribution < -0.4 is 5.32 Å². The second-order valence-corrected chi connectivity index (χ2v) is 5.31. The summed E-state index contributed by atoms with van der Waals surface area (Å²) < 4.78 is 0. The minimum Gasteiger partial charge on any atom is -0.480 e. The first-order chi connectivity index (χ1) is 8.60. The molecule has 1 amide bonds. The van der Waals surface area contributed by atoms with Gasteiger partial charge in [0.25, 0.3) is 0 Å². The van der Waals surface area contributed by atoms with Gasteiger partial charge in [-0.05, 0) is 19.3 Å². The quantitative estimate of drug-likeness (QED) is 0.655. The molecule has 0 spiro atoms. The second-order valence-electron chi connectivity index (χ2n) is 5.31. The molecule has 0 radical (unpaired) electrons. The minimum atomic E-state index is -0.972. The Morgan fingerprint density at radius 2 is 1.72 bits per heavy atom. The number of unbranched alkanes of at least 4 members (excludes halogenated alkanes) is 4. The van der Waals surface area contributed by atoms with Crippen molar-refractivity contribution in [3.8, 4) is 0 Å². The predicted molar refractivity (Wildman–Crippen MR) is 70.4 cm³/mol. The van der Waals surface area contributed by atoms with Gasteiger partial charge in [-0.25, -0.2) is 4.79 Å². The molecular weight excluding hydrogens is 230 g/mol. The summed E-state index contributed by atoms with van der Waals surface area (Å²) in [5.41, 5.74) is -0.972. The number of carboxylic acids is 1. The summed E-state index contributed by atoms with van der Waals surface area (Å²) in [6.45, 7) is 2.16. The maximum Gasteiger partial charge on any atom is 0.329 e. The summed E-state index contributed by atoms with van der Waals surface area (Å²) in [4.78, 5) is 23.0. The maximum atomic E-state index is 11.8. The van der Waals surface area contributed by atoms with Crippen LogP contribution in [0, 0.1) is 0 Å². The van der Waals surface area contributed by atoms with Crippen LogP contribution in [0.15, 0.2) is 0 Å². The highest BCUT2D eigenvalue weighted by Crippen LogP contribution is 2.30. The summed E-state index contributed by atoms with van der Waals surface area (Å²) in [7, 11) is 0. The fourth-order valence-electron chi connectivity index (χ4n) is 2.59. The van der Waals surface area contributed by atoms with Gasteiger partial charge in [0.1, 0.15) is 5.54 Å². The van der Waals surface area contributed by atoms with Gasteiger partial charge in [0.2, 0.25) is 5.91 Å². The molecule has 0 heterocycles. The summed E-state index contributed by atoms with van der Waals surface area (Å²) in [5.74, 6) is -0.977. The third kappa shape index (κ3) is 4.31. The number of rotatable bonds is 8. The van der Waals surface area contributed by atoms with Crippen molar-refractivity contribution in [2.45, 2.75) is 76.7 Å². The Bertz CT molecular complexity index is 283. The standard InChI is InChI=1S/C14H25NO3/c1-2-3-4-5-6-9-12(16)15-14(13(17)18)10-7-8-11-14/h2-11H2,1H3,(H,15,16)(H,17,18). The van der Waals surface area contributed by atoms with Gasteiger partial charge >= 0.3 is 5.97 Å². The summed E-state index contributed by atoms with van der Waals surface area (Å²) in [6, 6.07) is 0. The van der Waals surface area contributed by atoms with E-state index in [2.05, 4.69) is 12.2 Å². The molecule has 0 aromatic carbocycles. The van der Waals surface area contributed by atoms with Crippen LogP contribution >= 0.6 is 0 Å². The van der Waals surface area contributed by atoms with E-state index in [-0.39, 0.29) is 5.91 Å². The molecule has 1 saturated carbocycles. The molecule has 0 bridgehead atoms. The number of hydrogen-bond donors (Lipinski definition) is 2. The zero-order chi connectivity index (χ0) is 13.4. The molecule has 0 unspecified atom stereocenters. The molecule has 4 heteroatoms. The van der Waals surface area contributed by atoms with Crippen molar-refractivity contribution in [1.29, 1.82) is 0 Å². The van der Waals surface area contributed by atoms with Crippen LogP contribution in [0.1, 0.15) is 71.1 Å². The molecular formula is C14H25NO3. The molecule has 1 rings (SSSR count). The van der Waals surface area contributed by atoms with Crippen molar-refractivity contribution in [2.75, 3.05) is 0 Å². The third-order valence-corrected chi connectivity index (χ3v) is 3.75. The number of hydrogen-bond acceptors (Lipinski definition) is 2. The summed E-state index contributed by atoms with van der Waals surface area (Å²) in [6.07, 6.45) is 8.87. The van der Waals surface area contributed by atoms with E-state index in [4.69, 9.17) is 0 Å². The number of nitrogens with one attached hydrogen (secondary N) is 1. The van der Waals surface area contributed by atoms with E-state index in [0.29, 0.717) is 19.3 Å². The van der Waals surface area contributed by atoms with Crippen LogP contribution in [0.4, 0.5) is 0 Å². The lowest BCUT2D eigenvalue weighted by Crippen LogP contribution is -2.52. The summed E-state index contributed by atoms with van der Waals surface area (Å²) >= 11 is 0. The van der Waals surface area contributed by atoms with Gasteiger partial charge in [-0.2, -0.15) is 0 Å². The zero-order valence-electron chi connectivity index (χ0n) is 11.3. The fraction of sp³-hybridized carbons (Fsp3) is 0.857. The van der Waals surface area contributed by atoms with Gasteiger partial charge in [-0.15, -0.1) is 0 Å². The Hall–Kier alpha value is -1.06. The van der Waals surface area contributed by atoms with Crippen LogP contribution in [0.2, 0.25) is 0 Å². The van der Waals surface area contributed by atoms with Crippen LogP contribution in [0.25, 0.3) is 0 Å². The molecule has 104 valence electrons. The highest BCUT2D eigenvalue weighted by molar-refractivity contribution is 5.87. The first-order valence-electron chi connectivity index (χ1n) is 7.15. The number of carbonyl (C=O) groups excluding carboxylic acids is 1. The second kappa shape index (κ2) is 7.39. The van der Waals surface area contributed by atoms with E-state index >= 15 is 0 Å². The van der Waals surface area contributed by atoms with E-state index in [9.17, 15) is 14.7 Å². The smallest absolute Gasteiger partial charge is 0.329 e. The number of carboxylic acid groups (broad SMARTS) is 1. The molecule has 0 saturated heterocycles. The molecule has 2 N–H and O–H groups in total. The average molecular weight is 255 g/mol. The van der Waals surface area contributed by atoms with Gasteiger partial charge in [-0.3, -0.25) is 4.79 Å². The van der Waals surface area contributed by atoms with Gasteiger partial charge < -0.3 is 10.4 Å². The largest absolute Gasteiger partial charge is 0.480 e. The topological polar surface area (TPSA) is 66.4 Å². The molecule has 1 fully saturated rings. The molecule has 0 aromatic heterocycles. The third-order valence-electron chi connectivity index (χ3n) is 3.75. The van der Waals surface area contributed by atoms with E-state index in [1.807, 2.05) is 0 Å². The van der Waals surface area contributed by atoms with Crippen molar-refractivity contribution in [1.82, 2.24) is 5.32 Å². The first kappa shape index (κ1) is 15.0. The van der Waals surface area contributed by atoms with Crippen molar-refractivity contribution in [2.24, 2.45) is 0 Å². The normalized spacial score (nSPS) is 17.6. The highest BCUT2D eigenvalue weighted by Gasteiger charge is 2.42. The van der Waals surface area contributed by atoms with Crippen molar-refractivity contribution >= 4 is 11.9 Å². The van der Waals surface area contributed by atoms with Crippen LogP contribution in [0.3, 0.4) is 0 Å². The average Bonchev–Trinajstić information content (AvgIpc) is 2.78. The van der Waals surface area contributed by atoms with E-state index in [0.717, 1.165) is 32.1 Å². The molecule has 18 heavy (non-hydrogen) atoms. The lowest BCUT2D eigenvalue weighted by atomic mass is 9.97. The van der Waals surface area contributed by atoms with Gasteiger partial charge in [0.05, 0.1) is 0 Å². The number of aliphatic carboxylic acids is 1. The lowest BCUT2D eigenvalue weighted by molar-refractivity contribution is -0.147. The van der Waals surface area contributed by atoms with Gasteiger partial charge in [0.15, 0.2) is 0 Å². The van der Waals surface area contributed by atoms with Crippen molar-refractivity contribution < 1.29 is 14.7 Å². The van der Waals surface area contributed by atoms with Crippen molar-refractivity contribution in [3.05, 3.63) is 0 Å². The Balaban J connectivity index is 2.27. The predicted octanol–water partition coefficient (Wildman–Crippen LogP) is 2.86. The first-order valence-corrected chi connectivity index (χ1v) is 7.15. The maximum absolute atomic E-state index is 11.8. The van der Waals surface area contributed by atoms with Crippen molar-refractivity contribution in [3.63, 3.8) is 0 Å². The molecule has 1 aliphatic rings. The van der Waals surface area contributed by atoms with E-state index in [1.54, 1.807) is 0 Å². The molecule has 0 aromatic rings. The fourth-order valence-corrected chi connectivity index (χ4v) is 2.59. The van der Waals surface area contributed by atoms with Crippen LogP contribution in [0.5, 0.6) is 0 Å². The summed E-state index contributed by atoms with van der Waals surface area (Å²) in [5, 5.41) is 12.0. The van der Waals surface area contributed by atoms with E-state index < -0.39 is 11.5 Å². The molecule has 0 aliphatic heterocycles. The molecule has 0 atom stereocenters. The van der Waals surface area contributed by atoms with Gasteiger partial charge in [0, 0.05) is 6.42 Å². The minimum absolute atomic E-state index is 0.101. The van der Waals surface area contributed by atoms with Crippen LogP contribution in [-0.2, 0) is 9.59 Å². The zero-order valence-corrected chi connectivity index (χ0v) is 11.3. The highest BCUT2D eigenvalue weighted by atomic mass is 16.4. The number of carbonyl (C=O) groups is 2. The lowest BCUT2D eigenvalue weighted by Gasteiger charge is -2.25. The Morgan fingerprint density at radius 1 is 1.11 bits per heavy atom. The number of amides is 1. The monoisotopic (exact) mass is 255 g/mol. The van der Waals surface area contributed by atoms with Crippen LogP contribution in [-0.4, -0.2) is 22.5 Å². The Morgan fingerprint density at radius 3 is 2.28 bits per heavy atom. The molecule has 4 nitrogen and oxygen atoms in total. The Kier molecular flexibility index (Phi) is 6.16. The SMILES string of the molecule is CCCCCCCC(=O)NC1(C(=O)O)CCCC1. The van der Waals surface area contributed by atoms with Gasteiger partial charge in [-0.1, -0.05) is 45.4 Å².